The monoisotopic (exact) mass is 318 g/mol. The molecule has 0 amide bonds. The van der Waals surface area contributed by atoms with Gasteiger partial charge in [-0.1, -0.05) is 30.3 Å². The highest BCUT2D eigenvalue weighted by molar-refractivity contribution is 7.12. The van der Waals surface area contributed by atoms with E-state index in [1.807, 2.05) is 24.3 Å². The first kappa shape index (κ1) is 13.9. The molecule has 0 radical (unpaired) electrons. The average molecular weight is 318 g/mol. The van der Waals surface area contributed by atoms with E-state index < -0.39 is 0 Å². The van der Waals surface area contributed by atoms with E-state index in [4.69, 9.17) is 10.5 Å². The summed E-state index contributed by atoms with van der Waals surface area (Å²) in [5, 5.41) is 11.9. The minimum Gasteiger partial charge on any atom is -0.440 e. The molecule has 2 heterocycles. The fourth-order valence-corrected chi connectivity index (χ4v) is 4.13. The van der Waals surface area contributed by atoms with Gasteiger partial charge in [0.1, 0.15) is 17.4 Å². The lowest BCUT2D eigenvalue weighted by molar-refractivity contribution is 0.395. The van der Waals surface area contributed by atoms with Gasteiger partial charge in [0.2, 0.25) is 5.88 Å². The van der Waals surface area contributed by atoms with Crippen LogP contribution in [0.1, 0.15) is 21.2 Å². The van der Waals surface area contributed by atoms with Gasteiger partial charge < -0.3 is 10.5 Å². The Morgan fingerprint density at radius 1 is 1.13 bits per heavy atom. The fourth-order valence-electron chi connectivity index (χ4n) is 3.14. The number of nitriles is 1. The number of hydrogen-bond acceptors (Lipinski definition) is 4. The fraction of sp³-hybridized carbons (Fsp3) is 0.105. The molecular weight excluding hydrogens is 304 g/mol. The summed E-state index contributed by atoms with van der Waals surface area (Å²) in [6, 6.07) is 18.5. The highest BCUT2D eigenvalue weighted by Gasteiger charge is 2.32. The Labute approximate surface area is 138 Å². The first-order valence-corrected chi connectivity index (χ1v) is 8.16. The van der Waals surface area contributed by atoms with Crippen LogP contribution in [0.25, 0.3) is 10.8 Å². The van der Waals surface area contributed by atoms with Crippen LogP contribution in [0.15, 0.2) is 60.0 Å². The molecule has 2 N–H and O–H groups in total. The molecule has 1 atom stereocenters. The van der Waals surface area contributed by atoms with Crippen molar-refractivity contribution in [3.63, 3.8) is 0 Å². The molecule has 0 bridgehead atoms. The quantitative estimate of drug-likeness (QED) is 0.722. The summed E-state index contributed by atoms with van der Waals surface area (Å²) in [5.41, 5.74) is 7.53. The maximum absolute atomic E-state index is 9.63. The molecule has 1 aliphatic heterocycles. The van der Waals surface area contributed by atoms with Crippen LogP contribution in [0.4, 0.5) is 0 Å². The maximum atomic E-state index is 9.63. The van der Waals surface area contributed by atoms with E-state index in [2.05, 4.69) is 37.3 Å². The van der Waals surface area contributed by atoms with Crippen LogP contribution in [-0.2, 0) is 0 Å². The number of nitrogens with zero attached hydrogens (tertiary/aromatic N) is 1. The smallest absolute Gasteiger partial charge is 0.205 e. The molecule has 112 valence electrons. The van der Waals surface area contributed by atoms with Gasteiger partial charge in [-0.3, -0.25) is 0 Å². The molecule has 3 nitrogen and oxygen atoms in total. The molecule has 0 aliphatic carbocycles. The van der Waals surface area contributed by atoms with E-state index in [0.29, 0.717) is 5.57 Å². The topological polar surface area (TPSA) is 59.0 Å². The standard InChI is InChI=1S/C19H14N2OS/c1-11-6-9-16(23-11)18-14(10-20)19(21)22-15-8-7-12-4-2-3-5-13(12)17(15)18/h2-9,18H,21H2,1H3. The van der Waals surface area contributed by atoms with E-state index in [9.17, 15) is 5.26 Å². The molecule has 1 aliphatic rings. The van der Waals surface area contributed by atoms with E-state index in [1.54, 1.807) is 11.3 Å². The third-order valence-electron chi connectivity index (χ3n) is 4.16. The second kappa shape index (κ2) is 5.15. The Kier molecular flexibility index (Phi) is 3.10. The van der Waals surface area contributed by atoms with Crippen LogP contribution >= 0.6 is 11.3 Å². The van der Waals surface area contributed by atoms with Crippen LogP contribution < -0.4 is 10.5 Å². The van der Waals surface area contributed by atoms with Crippen LogP contribution in [0, 0.1) is 18.3 Å². The molecule has 1 unspecified atom stereocenters. The Morgan fingerprint density at radius 3 is 2.70 bits per heavy atom. The number of rotatable bonds is 1. The molecule has 23 heavy (non-hydrogen) atoms. The van der Waals surface area contributed by atoms with Crippen molar-refractivity contribution in [1.29, 1.82) is 5.26 Å². The zero-order valence-electron chi connectivity index (χ0n) is 12.5. The predicted octanol–water partition coefficient (Wildman–Crippen LogP) is 4.43. The summed E-state index contributed by atoms with van der Waals surface area (Å²) in [6.45, 7) is 2.07. The lowest BCUT2D eigenvalue weighted by Gasteiger charge is -2.26. The van der Waals surface area contributed by atoms with Crippen molar-refractivity contribution in [1.82, 2.24) is 0 Å². The number of thiophene rings is 1. The minimum absolute atomic E-state index is 0.173. The summed E-state index contributed by atoms with van der Waals surface area (Å²) in [6.07, 6.45) is 0. The van der Waals surface area contributed by atoms with E-state index in [0.717, 1.165) is 27.0 Å². The molecule has 1 aromatic heterocycles. The normalized spacial score (nSPS) is 16.8. The van der Waals surface area contributed by atoms with Crippen molar-refractivity contribution in [3.05, 3.63) is 75.3 Å². The Balaban J connectivity index is 2.07. The Bertz CT molecular complexity index is 994. The van der Waals surface area contributed by atoms with E-state index >= 15 is 0 Å². The van der Waals surface area contributed by atoms with Gasteiger partial charge in [0.05, 0.1) is 5.92 Å². The number of fused-ring (bicyclic) bond motifs is 3. The van der Waals surface area contributed by atoms with Gasteiger partial charge in [-0.2, -0.15) is 5.26 Å². The Morgan fingerprint density at radius 2 is 1.96 bits per heavy atom. The highest BCUT2D eigenvalue weighted by Crippen LogP contribution is 2.47. The van der Waals surface area contributed by atoms with Crippen molar-refractivity contribution in [2.75, 3.05) is 0 Å². The highest BCUT2D eigenvalue weighted by atomic mass is 32.1. The van der Waals surface area contributed by atoms with E-state index in [1.165, 1.54) is 4.88 Å². The Hall–Kier alpha value is -2.77. The van der Waals surface area contributed by atoms with Gasteiger partial charge in [-0.05, 0) is 35.9 Å². The van der Waals surface area contributed by atoms with Crippen LogP contribution in [0.2, 0.25) is 0 Å². The lowest BCUT2D eigenvalue weighted by atomic mass is 9.85. The number of nitrogens with two attached hydrogens (primary N) is 1. The van der Waals surface area contributed by atoms with Crippen molar-refractivity contribution in [2.45, 2.75) is 12.8 Å². The molecule has 0 saturated heterocycles. The minimum atomic E-state index is -0.173. The molecule has 2 aromatic carbocycles. The first-order valence-electron chi connectivity index (χ1n) is 7.34. The van der Waals surface area contributed by atoms with Gasteiger partial charge >= 0.3 is 0 Å². The average Bonchev–Trinajstić information content (AvgIpc) is 2.99. The zero-order chi connectivity index (χ0) is 16.0. The van der Waals surface area contributed by atoms with Gasteiger partial charge in [0.15, 0.2) is 0 Å². The molecule has 4 heteroatoms. The van der Waals surface area contributed by atoms with Crippen LogP contribution in [0.5, 0.6) is 5.75 Å². The summed E-state index contributed by atoms with van der Waals surface area (Å²) in [4.78, 5) is 2.33. The molecule has 0 saturated carbocycles. The number of benzene rings is 2. The molecular formula is C19H14N2OS. The van der Waals surface area contributed by atoms with Crippen molar-refractivity contribution in [3.8, 4) is 11.8 Å². The van der Waals surface area contributed by atoms with Crippen LogP contribution in [-0.4, -0.2) is 0 Å². The third kappa shape index (κ3) is 2.09. The SMILES string of the molecule is Cc1ccc(C2C(C#N)=C(N)Oc3ccc4ccccc4c32)s1. The number of hydrogen-bond donors (Lipinski definition) is 1. The van der Waals surface area contributed by atoms with Crippen molar-refractivity contribution < 1.29 is 4.74 Å². The third-order valence-corrected chi connectivity index (χ3v) is 5.23. The van der Waals surface area contributed by atoms with Gasteiger partial charge in [-0.15, -0.1) is 11.3 Å². The second-order valence-corrected chi connectivity index (χ2v) is 6.89. The van der Waals surface area contributed by atoms with Gasteiger partial charge in [0, 0.05) is 15.3 Å². The van der Waals surface area contributed by atoms with Gasteiger partial charge in [0.25, 0.3) is 0 Å². The van der Waals surface area contributed by atoms with Crippen molar-refractivity contribution >= 4 is 22.1 Å². The second-order valence-electron chi connectivity index (χ2n) is 5.57. The molecule has 4 rings (SSSR count). The summed E-state index contributed by atoms with van der Waals surface area (Å²) in [7, 11) is 0. The maximum Gasteiger partial charge on any atom is 0.205 e. The molecule has 0 spiro atoms. The first-order chi connectivity index (χ1) is 11.2. The van der Waals surface area contributed by atoms with Crippen molar-refractivity contribution in [2.24, 2.45) is 5.73 Å². The molecule has 3 aromatic rings. The van der Waals surface area contributed by atoms with E-state index in [-0.39, 0.29) is 11.8 Å². The largest absolute Gasteiger partial charge is 0.440 e. The lowest BCUT2D eigenvalue weighted by Crippen LogP contribution is -2.20. The predicted molar refractivity (Wildman–Crippen MR) is 92.3 cm³/mol. The van der Waals surface area contributed by atoms with Gasteiger partial charge in [-0.25, -0.2) is 0 Å². The molecule has 0 fully saturated rings. The van der Waals surface area contributed by atoms with Crippen LogP contribution in [0.3, 0.4) is 0 Å². The summed E-state index contributed by atoms with van der Waals surface area (Å²) >= 11 is 1.69. The number of ether oxygens (including phenoxy) is 1. The summed E-state index contributed by atoms with van der Waals surface area (Å²) in [5.74, 6) is 0.760. The summed E-state index contributed by atoms with van der Waals surface area (Å²) < 4.78 is 5.74. The zero-order valence-corrected chi connectivity index (χ0v) is 13.4. The number of allylic oxidation sites excluding steroid dienone is 1. The number of aryl methyl sites for hydroxylation is 1.